The summed E-state index contributed by atoms with van der Waals surface area (Å²) in [6.07, 6.45) is 0. The fraction of sp³-hybridized carbons (Fsp3) is 0.350. The molecule has 0 aromatic heterocycles. The van der Waals surface area contributed by atoms with Crippen LogP contribution in [-0.4, -0.2) is 19.1 Å². The molecule has 0 heterocycles. The summed E-state index contributed by atoms with van der Waals surface area (Å²) in [4.78, 5) is 12.1. The maximum atomic E-state index is 12.1. The van der Waals surface area contributed by atoms with E-state index in [0.717, 1.165) is 28.3 Å². The van der Waals surface area contributed by atoms with E-state index in [1.54, 1.807) is 0 Å². The smallest absolute Gasteiger partial charge is 0.243 e. The maximum Gasteiger partial charge on any atom is 0.243 e. The SMILES string of the molecule is Cc1cccc(NC(=O)CNc2cccc(OCC(C)C)c2)c1C. The Morgan fingerprint density at radius 1 is 1.12 bits per heavy atom. The molecule has 4 heteroatoms. The summed E-state index contributed by atoms with van der Waals surface area (Å²) in [7, 11) is 0. The molecule has 0 radical (unpaired) electrons. The molecule has 2 aromatic rings. The molecule has 24 heavy (non-hydrogen) atoms. The van der Waals surface area contributed by atoms with E-state index in [-0.39, 0.29) is 12.5 Å². The van der Waals surface area contributed by atoms with Crippen LogP contribution >= 0.6 is 0 Å². The first-order valence-corrected chi connectivity index (χ1v) is 8.28. The van der Waals surface area contributed by atoms with Gasteiger partial charge in [0.15, 0.2) is 0 Å². The third kappa shape index (κ3) is 5.30. The van der Waals surface area contributed by atoms with Crippen LogP contribution in [-0.2, 0) is 4.79 Å². The summed E-state index contributed by atoms with van der Waals surface area (Å²) in [6, 6.07) is 13.6. The van der Waals surface area contributed by atoms with Crippen LogP contribution in [0.1, 0.15) is 25.0 Å². The number of nitrogens with one attached hydrogen (secondary N) is 2. The first kappa shape index (κ1) is 17.9. The van der Waals surface area contributed by atoms with Crippen LogP contribution in [0.5, 0.6) is 5.75 Å². The maximum absolute atomic E-state index is 12.1. The minimum Gasteiger partial charge on any atom is -0.493 e. The van der Waals surface area contributed by atoms with Gasteiger partial charge in [-0.05, 0) is 49.1 Å². The second-order valence-electron chi connectivity index (χ2n) is 6.38. The summed E-state index contributed by atoms with van der Waals surface area (Å²) in [5.41, 5.74) is 3.98. The molecule has 0 spiro atoms. The number of hydrogen-bond donors (Lipinski definition) is 2. The molecule has 0 unspecified atom stereocenters. The van der Waals surface area contributed by atoms with Crippen molar-refractivity contribution < 1.29 is 9.53 Å². The Hall–Kier alpha value is -2.49. The molecule has 2 aromatic carbocycles. The lowest BCUT2D eigenvalue weighted by atomic mass is 10.1. The van der Waals surface area contributed by atoms with Crippen molar-refractivity contribution in [3.8, 4) is 5.75 Å². The molecule has 4 nitrogen and oxygen atoms in total. The highest BCUT2D eigenvalue weighted by Gasteiger charge is 2.06. The molecule has 0 aliphatic heterocycles. The van der Waals surface area contributed by atoms with Crippen molar-refractivity contribution in [2.45, 2.75) is 27.7 Å². The first-order chi connectivity index (χ1) is 11.5. The van der Waals surface area contributed by atoms with Crippen molar-refractivity contribution in [3.05, 3.63) is 53.6 Å². The molecule has 1 amide bonds. The van der Waals surface area contributed by atoms with Gasteiger partial charge in [-0.15, -0.1) is 0 Å². The Labute approximate surface area is 144 Å². The van der Waals surface area contributed by atoms with Gasteiger partial charge >= 0.3 is 0 Å². The average molecular weight is 326 g/mol. The van der Waals surface area contributed by atoms with Crippen molar-refractivity contribution in [2.24, 2.45) is 5.92 Å². The van der Waals surface area contributed by atoms with Gasteiger partial charge in [-0.1, -0.05) is 32.0 Å². The largest absolute Gasteiger partial charge is 0.493 e. The van der Waals surface area contributed by atoms with E-state index in [9.17, 15) is 4.79 Å². The van der Waals surface area contributed by atoms with Crippen LogP contribution in [0.3, 0.4) is 0 Å². The lowest BCUT2D eigenvalue weighted by molar-refractivity contribution is -0.114. The zero-order chi connectivity index (χ0) is 17.5. The predicted molar refractivity (Wildman–Crippen MR) is 99.8 cm³/mol. The normalized spacial score (nSPS) is 10.5. The zero-order valence-corrected chi connectivity index (χ0v) is 14.8. The fourth-order valence-corrected chi connectivity index (χ4v) is 2.22. The fourth-order valence-electron chi connectivity index (χ4n) is 2.22. The number of ether oxygens (including phenoxy) is 1. The predicted octanol–water partition coefficient (Wildman–Crippen LogP) is 4.39. The highest BCUT2D eigenvalue weighted by atomic mass is 16.5. The van der Waals surface area contributed by atoms with Gasteiger partial charge in [0, 0.05) is 17.4 Å². The van der Waals surface area contributed by atoms with Crippen molar-refractivity contribution in [1.29, 1.82) is 0 Å². The molecular formula is C20H26N2O2. The van der Waals surface area contributed by atoms with Crippen LogP contribution in [0.4, 0.5) is 11.4 Å². The number of anilines is 2. The Morgan fingerprint density at radius 3 is 2.62 bits per heavy atom. The van der Waals surface area contributed by atoms with Gasteiger partial charge in [0.2, 0.25) is 5.91 Å². The van der Waals surface area contributed by atoms with E-state index in [4.69, 9.17) is 4.74 Å². The first-order valence-electron chi connectivity index (χ1n) is 8.28. The van der Waals surface area contributed by atoms with Gasteiger partial charge < -0.3 is 15.4 Å². The second kappa shape index (κ2) is 8.39. The monoisotopic (exact) mass is 326 g/mol. The average Bonchev–Trinajstić information content (AvgIpc) is 2.56. The quantitative estimate of drug-likeness (QED) is 0.793. The van der Waals surface area contributed by atoms with E-state index in [1.165, 1.54) is 0 Å². The Morgan fingerprint density at radius 2 is 1.88 bits per heavy atom. The van der Waals surface area contributed by atoms with Crippen molar-refractivity contribution in [1.82, 2.24) is 0 Å². The Bertz CT molecular complexity index is 696. The zero-order valence-electron chi connectivity index (χ0n) is 14.8. The number of carbonyl (C=O) groups excluding carboxylic acids is 1. The number of rotatable bonds is 7. The van der Waals surface area contributed by atoms with E-state index < -0.39 is 0 Å². The number of hydrogen-bond acceptors (Lipinski definition) is 3. The van der Waals surface area contributed by atoms with Crippen molar-refractivity contribution >= 4 is 17.3 Å². The summed E-state index contributed by atoms with van der Waals surface area (Å²) >= 11 is 0. The minimum absolute atomic E-state index is 0.0720. The van der Waals surface area contributed by atoms with E-state index >= 15 is 0 Å². The molecule has 2 rings (SSSR count). The number of aryl methyl sites for hydroxylation is 1. The summed E-state index contributed by atoms with van der Waals surface area (Å²) < 4.78 is 5.70. The van der Waals surface area contributed by atoms with Gasteiger partial charge in [0.05, 0.1) is 13.2 Å². The highest BCUT2D eigenvalue weighted by molar-refractivity contribution is 5.94. The standard InChI is InChI=1S/C20H26N2O2/c1-14(2)13-24-18-9-6-8-17(11-18)21-12-20(23)22-19-10-5-7-15(3)16(19)4/h5-11,14,21H,12-13H2,1-4H3,(H,22,23). The topological polar surface area (TPSA) is 50.4 Å². The van der Waals surface area contributed by atoms with Crippen LogP contribution in [0.2, 0.25) is 0 Å². The summed E-state index contributed by atoms with van der Waals surface area (Å²) in [5.74, 6) is 1.21. The molecule has 128 valence electrons. The van der Waals surface area contributed by atoms with Crippen LogP contribution in [0, 0.1) is 19.8 Å². The third-order valence-electron chi connectivity index (χ3n) is 3.75. The van der Waals surface area contributed by atoms with Gasteiger partial charge in [0.1, 0.15) is 5.75 Å². The molecule has 0 saturated heterocycles. The molecule has 2 N–H and O–H groups in total. The number of benzene rings is 2. The van der Waals surface area contributed by atoms with E-state index in [0.29, 0.717) is 12.5 Å². The Balaban J connectivity index is 1.89. The van der Waals surface area contributed by atoms with Crippen LogP contribution < -0.4 is 15.4 Å². The third-order valence-corrected chi connectivity index (χ3v) is 3.75. The van der Waals surface area contributed by atoms with Crippen LogP contribution in [0.15, 0.2) is 42.5 Å². The lowest BCUT2D eigenvalue weighted by Crippen LogP contribution is -2.22. The molecule has 0 atom stereocenters. The van der Waals surface area contributed by atoms with Crippen molar-refractivity contribution in [3.63, 3.8) is 0 Å². The second-order valence-corrected chi connectivity index (χ2v) is 6.38. The summed E-state index contributed by atoms with van der Waals surface area (Å²) in [5, 5.41) is 6.08. The van der Waals surface area contributed by atoms with E-state index in [1.807, 2.05) is 56.3 Å². The Kier molecular flexibility index (Phi) is 6.24. The number of carbonyl (C=O) groups is 1. The molecule has 0 saturated carbocycles. The minimum atomic E-state index is -0.0720. The van der Waals surface area contributed by atoms with Gasteiger partial charge in [-0.25, -0.2) is 0 Å². The molecule has 0 aliphatic carbocycles. The lowest BCUT2D eigenvalue weighted by Gasteiger charge is -2.13. The van der Waals surface area contributed by atoms with E-state index in [2.05, 4.69) is 24.5 Å². The molecular weight excluding hydrogens is 300 g/mol. The number of amides is 1. The van der Waals surface area contributed by atoms with Crippen molar-refractivity contribution in [2.75, 3.05) is 23.8 Å². The summed E-state index contributed by atoms with van der Waals surface area (Å²) in [6.45, 7) is 9.15. The van der Waals surface area contributed by atoms with Gasteiger partial charge in [-0.3, -0.25) is 4.79 Å². The molecule has 0 aliphatic rings. The molecule has 0 bridgehead atoms. The molecule has 0 fully saturated rings. The van der Waals surface area contributed by atoms with Crippen LogP contribution in [0.25, 0.3) is 0 Å². The van der Waals surface area contributed by atoms with Gasteiger partial charge in [0.25, 0.3) is 0 Å². The highest BCUT2D eigenvalue weighted by Crippen LogP contribution is 2.19. The van der Waals surface area contributed by atoms with Gasteiger partial charge in [-0.2, -0.15) is 0 Å².